The average Bonchev–Trinajstić information content (AvgIpc) is 3.31. The molecule has 3 aromatic rings. The van der Waals surface area contributed by atoms with Crippen molar-refractivity contribution in [2.75, 3.05) is 6.54 Å². The van der Waals surface area contributed by atoms with Crippen LogP contribution < -0.4 is 21.5 Å². The van der Waals surface area contributed by atoms with Gasteiger partial charge in [-0.25, -0.2) is 10.9 Å². The summed E-state index contributed by atoms with van der Waals surface area (Å²) in [5.41, 5.74) is 9.76. The minimum Gasteiger partial charge on any atom is -0.351 e. The maximum absolute atomic E-state index is 12.8. The number of nitrogens with zero attached hydrogens (tertiary/aromatic N) is 1. The molecule has 1 saturated heterocycles. The van der Waals surface area contributed by atoms with Crippen molar-refractivity contribution in [3.63, 3.8) is 0 Å². The van der Waals surface area contributed by atoms with E-state index in [1.807, 2.05) is 47.0 Å². The second kappa shape index (κ2) is 7.35. The van der Waals surface area contributed by atoms with Gasteiger partial charge in [-0.15, -0.1) is 0 Å². The molecule has 3 heterocycles. The first-order valence-electron chi connectivity index (χ1n) is 9.97. The van der Waals surface area contributed by atoms with Crippen molar-refractivity contribution in [1.82, 2.24) is 26.1 Å². The summed E-state index contributed by atoms with van der Waals surface area (Å²) in [4.78, 5) is 25.1. The molecule has 1 aromatic heterocycles. The maximum atomic E-state index is 12.8. The minimum atomic E-state index is -0.154. The van der Waals surface area contributed by atoms with Gasteiger partial charge in [0.05, 0.1) is 6.17 Å². The predicted octanol–water partition coefficient (Wildman–Crippen LogP) is 2.07. The van der Waals surface area contributed by atoms with Gasteiger partial charge >= 0.3 is 0 Å². The third-order valence-corrected chi connectivity index (χ3v) is 5.65. The van der Waals surface area contributed by atoms with E-state index in [0.29, 0.717) is 17.8 Å². The van der Waals surface area contributed by atoms with Crippen molar-refractivity contribution in [3.8, 4) is 0 Å². The SMILES string of the molecule is O=C(NC1CC(c2ccccc2)NN1)c1ccc2cc3n(c2c1)CCCNC3=O. The number of rotatable bonds is 3. The molecule has 0 spiro atoms. The fourth-order valence-corrected chi connectivity index (χ4v) is 4.15. The fourth-order valence-electron chi connectivity index (χ4n) is 4.15. The lowest BCUT2D eigenvalue weighted by molar-refractivity contribution is 0.0929. The Labute approximate surface area is 168 Å². The van der Waals surface area contributed by atoms with Crippen LogP contribution in [0.15, 0.2) is 54.6 Å². The van der Waals surface area contributed by atoms with E-state index in [1.165, 1.54) is 5.56 Å². The molecule has 1 fully saturated rings. The fraction of sp³-hybridized carbons (Fsp3) is 0.273. The molecule has 0 bridgehead atoms. The highest BCUT2D eigenvalue weighted by Gasteiger charge is 2.26. The predicted molar refractivity (Wildman–Crippen MR) is 110 cm³/mol. The Kier molecular flexibility index (Phi) is 4.54. The Bertz CT molecular complexity index is 1080. The number of benzene rings is 2. The number of hydrogen-bond acceptors (Lipinski definition) is 4. The van der Waals surface area contributed by atoms with E-state index in [1.54, 1.807) is 0 Å². The largest absolute Gasteiger partial charge is 0.351 e. The summed E-state index contributed by atoms with van der Waals surface area (Å²) < 4.78 is 2.01. The third-order valence-electron chi connectivity index (χ3n) is 5.65. The molecule has 2 atom stereocenters. The van der Waals surface area contributed by atoms with Crippen molar-refractivity contribution < 1.29 is 9.59 Å². The maximum Gasteiger partial charge on any atom is 0.267 e. The first-order valence-corrected chi connectivity index (χ1v) is 9.97. The van der Waals surface area contributed by atoms with Crippen LogP contribution in [0.2, 0.25) is 0 Å². The van der Waals surface area contributed by atoms with Gasteiger partial charge in [0.15, 0.2) is 0 Å². The van der Waals surface area contributed by atoms with Gasteiger partial charge < -0.3 is 15.2 Å². The number of aromatic nitrogens is 1. The van der Waals surface area contributed by atoms with Crippen LogP contribution in [0.5, 0.6) is 0 Å². The molecular formula is C22H23N5O2. The van der Waals surface area contributed by atoms with Crippen molar-refractivity contribution >= 4 is 22.7 Å². The molecule has 2 amide bonds. The summed E-state index contributed by atoms with van der Waals surface area (Å²) in [6.07, 6.45) is 1.48. The van der Waals surface area contributed by atoms with Crippen LogP contribution >= 0.6 is 0 Å². The Hall–Kier alpha value is -3.16. The van der Waals surface area contributed by atoms with Crippen molar-refractivity contribution in [2.45, 2.75) is 31.6 Å². The Morgan fingerprint density at radius 3 is 2.79 bits per heavy atom. The zero-order valence-corrected chi connectivity index (χ0v) is 15.9. The molecule has 2 aliphatic heterocycles. The molecule has 7 nitrogen and oxygen atoms in total. The summed E-state index contributed by atoms with van der Waals surface area (Å²) in [6.45, 7) is 1.43. The van der Waals surface area contributed by atoms with Crippen LogP contribution in [0, 0.1) is 0 Å². The van der Waals surface area contributed by atoms with Gasteiger partial charge in [0.25, 0.3) is 11.8 Å². The third kappa shape index (κ3) is 3.39. The van der Waals surface area contributed by atoms with E-state index in [0.717, 1.165) is 30.3 Å². The lowest BCUT2D eigenvalue weighted by atomic mass is 10.0. The van der Waals surface area contributed by atoms with Crippen molar-refractivity contribution in [2.24, 2.45) is 0 Å². The Balaban J connectivity index is 1.34. The van der Waals surface area contributed by atoms with E-state index in [4.69, 9.17) is 0 Å². The molecule has 4 N–H and O–H groups in total. The van der Waals surface area contributed by atoms with Gasteiger partial charge in [-0.2, -0.15) is 0 Å². The summed E-state index contributed by atoms with van der Waals surface area (Å²) in [7, 11) is 0. The summed E-state index contributed by atoms with van der Waals surface area (Å²) in [5, 5.41) is 6.93. The van der Waals surface area contributed by atoms with Crippen molar-refractivity contribution in [3.05, 3.63) is 71.4 Å². The molecule has 0 aliphatic carbocycles. The first-order chi connectivity index (χ1) is 14.2. The van der Waals surface area contributed by atoms with Crippen LogP contribution in [0.25, 0.3) is 10.9 Å². The van der Waals surface area contributed by atoms with Crippen molar-refractivity contribution in [1.29, 1.82) is 0 Å². The average molecular weight is 389 g/mol. The van der Waals surface area contributed by atoms with Crippen LogP contribution in [-0.4, -0.2) is 29.1 Å². The van der Waals surface area contributed by atoms with Crippen LogP contribution in [-0.2, 0) is 6.54 Å². The van der Waals surface area contributed by atoms with Gasteiger partial charge in [-0.05, 0) is 30.2 Å². The van der Waals surface area contributed by atoms with Crippen LogP contribution in [0.3, 0.4) is 0 Å². The molecule has 0 radical (unpaired) electrons. The molecule has 0 saturated carbocycles. The number of fused-ring (bicyclic) bond motifs is 3. The zero-order valence-electron chi connectivity index (χ0n) is 15.9. The molecule has 29 heavy (non-hydrogen) atoms. The zero-order chi connectivity index (χ0) is 19.8. The molecule has 148 valence electrons. The molecular weight excluding hydrogens is 366 g/mol. The molecule has 2 aliphatic rings. The number of amides is 2. The molecule has 2 aromatic carbocycles. The quantitative estimate of drug-likeness (QED) is 0.552. The number of carbonyl (C=O) groups is 2. The van der Waals surface area contributed by atoms with E-state index in [-0.39, 0.29) is 24.0 Å². The standard InChI is InChI=1S/C22H23N5O2/c28-21(24-20-13-17(25-26-20)14-5-2-1-3-6-14)16-8-7-15-11-19-22(29)23-9-4-10-27(19)18(15)12-16/h1-3,5-8,11-12,17,20,25-26H,4,9-10,13H2,(H,23,29)(H,24,28). The highest BCUT2D eigenvalue weighted by Crippen LogP contribution is 2.24. The highest BCUT2D eigenvalue weighted by atomic mass is 16.2. The number of hydrazine groups is 1. The van der Waals surface area contributed by atoms with E-state index in [9.17, 15) is 9.59 Å². The van der Waals surface area contributed by atoms with E-state index < -0.39 is 0 Å². The molecule has 7 heteroatoms. The smallest absolute Gasteiger partial charge is 0.267 e. The number of nitrogens with one attached hydrogen (secondary N) is 4. The second-order valence-electron chi connectivity index (χ2n) is 7.58. The lowest BCUT2D eigenvalue weighted by Crippen LogP contribution is -2.44. The Morgan fingerprint density at radius 1 is 1.07 bits per heavy atom. The van der Waals surface area contributed by atoms with E-state index in [2.05, 4.69) is 33.6 Å². The topological polar surface area (TPSA) is 87.2 Å². The minimum absolute atomic E-state index is 0.0575. The van der Waals surface area contributed by atoms with E-state index >= 15 is 0 Å². The van der Waals surface area contributed by atoms with Gasteiger partial charge in [-0.3, -0.25) is 9.59 Å². The summed E-state index contributed by atoms with van der Waals surface area (Å²) >= 11 is 0. The number of hydrogen-bond donors (Lipinski definition) is 4. The lowest BCUT2D eigenvalue weighted by Gasteiger charge is -2.13. The van der Waals surface area contributed by atoms with Gasteiger partial charge in [0, 0.05) is 42.0 Å². The normalized spacial score (nSPS) is 21.4. The highest BCUT2D eigenvalue weighted by molar-refractivity contribution is 6.02. The number of aryl methyl sites for hydroxylation is 1. The Morgan fingerprint density at radius 2 is 1.93 bits per heavy atom. The molecule has 2 unspecified atom stereocenters. The van der Waals surface area contributed by atoms with Gasteiger partial charge in [-0.1, -0.05) is 36.4 Å². The van der Waals surface area contributed by atoms with Gasteiger partial charge in [0.2, 0.25) is 0 Å². The van der Waals surface area contributed by atoms with Crippen LogP contribution in [0.1, 0.15) is 45.3 Å². The molecule has 5 rings (SSSR count). The number of carbonyl (C=O) groups excluding carboxylic acids is 2. The summed E-state index contributed by atoms with van der Waals surface area (Å²) in [5.74, 6) is -0.188. The van der Waals surface area contributed by atoms with Gasteiger partial charge in [0.1, 0.15) is 5.69 Å². The second-order valence-corrected chi connectivity index (χ2v) is 7.58. The first kappa shape index (κ1) is 17.9. The monoisotopic (exact) mass is 389 g/mol. The summed E-state index contributed by atoms with van der Waals surface area (Å²) in [6, 6.07) is 17.8. The van der Waals surface area contributed by atoms with Crippen LogP contribution in [0.4, 0.5) is 0 Å².